The molecule has 132 valence electrons. The van der Waals surface area contributed by atoms with Gasteiger partial charge in [-0.1, -0.05) is 30.3 Å². The molecule has 0 amide bonds. The molecule has 24 heavy (non-hydrogen) atoms. The van der Waals surface area contributed by atoms with Crippen LogP contribution in [-0.4, -0.2) is 51.3 Å². The number of likely N-dealkylation sites (N-methyl/N-ethyl adjacent to an activating group) is 1. The van der Waals surface area contributed by atoms with E-state index in [-0.39, 0.29) is 0 Å². The van der Waals surface area contributed by atoms with Crippen LogP contribution in [0.4, 0.5) is 0 Å². The largest absolute Gasteiger partial charge is 0.379 e. The van der Waals surface area contributed by atoms with Crippen LogP contribution in [0.3, 0.4) is 0 Å². The maximum atomic E-state index is 5.74. The Morgan fingerprint density at radius 1 is 1.29 bits per heavy atom. The SMILES string of the molecule is CN=C(NCC1(Cc2ccccc2)CC1)N(C)CCOCC1CC1. The van der Waals surface area contributed by atoms with Crippen LogP contribution in [0.2, 0.25) is 0 Å². The average molecular weight is 329 g/mol. The van der Waals surface area contributed by atoms with Gasteiger partial charge in [-0.15, -0.1) is 0 Å². The van der Waals surface area contributed by atoms with Crippen LogP contribution in [0, 0.1) is 11.3 Å². The number of rotatable bonds is 9. The summed E-state index contributed by atoms with van der Waals surface area (Å²) in [6.07, 6.45) is 6.47. The highest BCUT2D eigenvalue weighted by atomic mass is 16.5. The van der Waals surface area contributed by atoms with Crippen LogP contribution in [0.1, 0.15) is 31.2 Å². The lowest BCUT2D eigenvalue weighted by Gasteiger charge is -2.24. The molecule has 2 saturated carbocycles. The first kappa shape index (κ1) is 17.3. The monoisotopic (exact) mass is 329 g/mol. The van der Waals surface area contributed by atoms with Gasteiger partial charge in [-0.2, -0.15) is 0 Å². The molecule has 0 saturated heterocycles. The molecule has 3 rings (SSSR count). The first-order valence-electron chi connectivity index (χ1n) is 9.24. The zero-order valence-corrected chi connectivity index (χ0v) is 15.1. The van der Waals surface area contributed by atoms with Gasteiger partial charge in [0.15, 0.2) is 5.96 Å². The number of ether oxygens (including phenoxy) is 1. The zero-order chi connectivity index (χ0) is 16.8. The van der Waals surface area contributed by atoms with E-state index in [2.05, 4.69) is 52.6 Å². The Hall–Kier alpha value is -1.55. The van der Waals surface area contributed by atoms with E-state index in [1.54, 1.807) is 0 Å². The van der Waals surface area contributed by atoms with Gasteiger partial charge in [0.05, 0.1) is 6.61 Å². The number of hydrogen-bond donors (Lipinski definition) is 1. The third-order valence-corrected chi connectivity index (χ3v) is 5.20. The van der Waals surface area contributed by atoms with Crippen molar-refractivity contribution in [1.29, 1.82) is 0 Å². The molecular weight excluding hydrogens is 298 g/mol. The predicted molar refractivity (Wildman–Crippen MR) is 99.3 cm³/mol. The first-order valence-corrected chi connectivity index (χ1v) is 9.24. The molecule has 0 heterocycles. The van der Waals surface area contributed by atoms with Crippen LogP contribution in [0.5, 0.6) is 0 Å². The topological polar surface area (TPSA) is 36.9 Å². The molecular formula is C20H31N3O. The van der Waals surface area contributed by atoms with E-state index in [4.69, 9.17) is 4.74 Å². The summed E-state index contributed by atoms with van der Waals surface area (Å²) >= 11 is 0. The molecule has 0 aromatic heterocycles. The van der Waals surface area contributed by atoms with E-state index in [0.29, 0.717) is 5.41 Å². The number of hydrogen-bond acceptors (Lipinski definition) is 2. The number of aliphatic imine (C=N–C) groups is 1. The fourth-order valence-corrected chi connectivity index (χ4v) is 3.11. The van der Waals surface area contributed by atoms with Gasteiger partial charge in [-0.05, 0) is 49.0 Å². The lowest BCUT2D eigenvalue weighted by Crippen LogP contribution is -2.43. The van der Waals surface area contributed by atoms with E-state index in [1.165, 1.54) is 31.2 Å². The van der Waals surface area contributed by atoms with Gasteiger partial charge < -0.3 is 15.0 Å². The van der Waals surface area contributed by atoms with Gasteiger partial charge in [0.25, 0.3) is 0 Å². The van der Waals surface area contributed by atoms with Gasteiger partial charge in [0.1, 0.15) is 0 Å². The molecule has 4 heteroatoms. The highest BCUT2D eigenvalue weighted by Gasteiger charge is 2.42. The molecule has 0 spiro atoms. The molecule has 2 aliphatic carbocycles. The minimum absolute atomic E-state index is 0.417. The number of nitrogens with one attached hydrogen (secondary N) is 1. The van der Waals surface area contributed by atoms with Crippen molar-refractivity contribution in [3.63, 3.8) is 0 Å². The molecule has 0 atom stereocenters. The van der Waals surface area contributed by atoms with Crippen molar-refractivity contribution in [3.05, 3.63) is 35.9 Å². The summed E-state index contributed by atoms with van der Waals surface area (Å²) in [5, 5.41) is 3.57. The number of benzene rings is 1. The molecule has 0 radical (unpaired) electrons. The second-order valence-corrected chi connectivity index (χ2v) is 7.50. The fourth-order valence-electron chi connectivity index (χ4n) is 3.11. The van der Waals surface area contributed by atoms with Gasteiger partial charge in [-0.3, -0.25) is 4.99 Å². The van der Waals surface area contributed by atoms with E-state index in [9.17, 15) is 0 Å². The van der Waals surface area contributed by atoms with Crippen LogP contribution < -0.4 is 5.32 Å². The van der Waals surface area contributed by atoms with Crippen molar-refractivity contribution in [2.75, 3.05) is 40.4 Å². The second-order valence-electron chi connectivity index (χ2n) is 7.50. The number of guanidine groups is 1. The maximum absolute atomic E-state index is 5.74. The highest BCUT2D eigenvalue weighted by Crippen LogP contribution is 2.47. The highest BCUT2D eigenvalue weighted by molar-refractivity contribution is 5.79. The van der Waals surface area contributed by atoms with Crippen molar-refractivity contribution < 1.29 is 4.74 Å². The second kappa shape index (κ2) is 8.02. The van der Waals surface area contributed by atoms with Crippen molar-refractivity contribution in [2.45, 2.75) is 32.1 Å². The van der Waals surface area contributed by atoms with Crippen LogP contribution in [0.25, 0.3) is 0 Å². The summed E-state index contributed by atoms with van der Waals surface area (Å²) in [7, 11) is 3.95. The minimum atomic E-state index is 0.417. The van der Waals surface area contributed by atoms with E-state index in [1.807, 2.05) is 7.05 Å². The van der Waals surface area contributed by atoms with Gasteiger partial charge in [-0.25, -0.2) is 0 Å². The summed E-state index contributed by atoms with van der Waals surface area (Å²) in [5.41, 5.74) is 1.86. The quantitative estimate of drug-likeness (QED) is 0.430. The van der Waals surface area contributed by atoms with Crippen LogP contribution >= 0.6 is 0 Å². The normalized spacial score (nSPS) is 19.2. The Morgan fingerprint density at radius 2 is 2.04 bits per heavy atom. The summed E-state index contributed by atoms with van der Waals surface area (Å²) in [4.78, 5) is 6.60. The lowest BCUT2D eigenvalue weighted by atomic mass is 9.96. The molecule has 2 fully saturated rings. The fraction of sp³-hybridized carbons (Fsp3) is 0.650. The Kier molecular flexibility index (Phi) is 5.77. The Morgan fingerprint density at radius 3 is 2.67 bits per heavy atom. The summed E-state index contributed by atoms with van der Waals surface area (Å²) in [6, 6.07) is 10.8. The molecule has 1 N–H and O–H groups in total. The molecule has 1 aromatic carbocycles. The lowest BCUT2D eigenvalue weighted by molar-refractivity contribution is 0.115. The third kappa shape index (κ3) is 5.23. The van der Waals surface area contributed by atoms with Crippen molar-refractivity contribution in [2.24, 2.45) is 16.3 Å². The van der Waals surface area contributed by atoms with Crippen molar-refractivity contribution in [1.82, 2.24) is 10.2 Å². The summed E-state index contributed by atoms with van der Waals surface area (Å²) in [5.74, 6) is 1.81. The molecule has 0 aliphatic heterocycles. The van der Waals surface area contributed by atoms with Gasteiger partial charge >= 0.3 is 0 Å². The standard InChI is InChI=1S/C20H31N3O/c1-21-19(23(2)12-13-24-15-18-8-9-18)22-16-20(10-11-20)14-17-6-4-3-5-7-17/h3-7,18H,8-16H2,1-2H3,(H,21,22). The van der Waals surface area contributed by atoms with Crippen molar-refractivity contribution in [3.8, 4) is 0 Å². The smallest absolute Gasteiger partial charge is 0.193 e. The molecule has 0 bridgehead atoms. The third-order valence-electron chi connectivity index (χ3n) is 5.20. The van der Waals surface area contributed by atoms with Gasteiger partial charge in [0.2, 0.25) is 0 Å². The van der Waals surface area contributed by atoms with Crippen LogP contribution in [-0.2, 0) is 11.2 Å². The van der Waals surface area contributed by atoms with E-state index < -0.39 is 0 Å². The molecule has 1 aromatic rings. The minimum Gasteiger partial charge on any atom is -0.379 e. The molecule has 0 unspecified atom stereocenters. The van der Waals surface area contributed by atoms with Crippen LogP contribution in [0.15, 0.2) is 35.3 Å². The van der Waals surface area contributed by atoms with Gasteiger partial charge in [0, 0.05) is 33.8 Å². The van der Waals surface area contributed by atoms with Crippen molar-refractivity contribution >= 4 is 5.96 Å². The Bertz CT molecular complexity index is 535. The summed E-state index contributed by atoms with van der Waals surface area (Å²) in [6.45, 7) is 3.60. The zero-order valence-electron chi connectivity index (χ0n) is 15.1. The first-order chi connectivity index (χ1) is 11.7. The summed E-state index contributed by atoms with van der Waals surface area (Å²) < 4.78 is 5.74. The Balaban J connectivity index is 1.39. The predicted octanol–water partition coefficient (Wildman–Crippen LogP) is 2.94. The molecule has 2 aliphatic rings. The maximum Gasteiger partial charge on any atom is 0.193 e. The van der Waals surface area contributed by atoms with E-state index in [0.717, 1.165) is 44.6 Å². The number of nitrogens with zero attached hydrogens (tertiary/aromatic N) is 2. The Labute approximate surface area is 146 Å². The van der Waals surface area contributed by atoms with E-state index >= 15 is 0 Å². The molecule has 4 nitrogen and oxygen atoms in total. The average Bonchev–Trinajstić information content (AvgIpc) is 3.51.